The van der Waals surface area contributed by atoms with Crippen molar-refractivity contribution in [2.75, 3.05) is 13.2 Å². The lowest BCUT2D eigenvalue weighted by atomic mass is 9.83. The molecule has 0 saturated carbocycles. The van der Waals surface area contributed by atoms with Crippen LogP contribution in [0.3, 0.4) is 0 Å². The van der Waals surface area contributed by atoms with E-state index in [9.17, 15) is 0 Å². The van der Waals surface area contributed by atoms with Gasteiger partial charge in [-0.25, -0.2) is 0 Å². The second-order valence-corrected chi connectivity index (χ2v) is 5.94. The molecule has 2 aliphatic heterocycles. The van der Waals surface area contributed by atoms with E-state index >= 15 is 0 Å². The minimum Gasteiger partial charge on any atom is -0.378 e. The zero-order chi connectivity index (χ0) is 12.0. The van der Waals surface area contributed by atoms with Gasteiger partial charge in [-0.1, -0.05) is 26.2 Å². The second kappa shape index (κ2) is 6.75. The van der Waals surface area contributed by atoms with Gasteiger partial charge >= 0.3 is 0 Å². The number of ether oxygens (including phenoxy) is 1. The third-order valence-corrected chi connectivity index (χ3v) is 4.53. The molecule has 0 aromatic rings. The third-order valence-electron chi connectivity index (χ3n) is 4.53. The van der Waals surface area contributed by atoms with Gasteiger partial charge in [-0.15, -0.1) is 0 Å². The fourth-order valence-electron chi connectivity index (χ4n) is 3.55. The first kappa shape index (κ1) is 13.4. The lowest BCUT2D eigenvalue weighted by molar-refractivity contribution is 0.0907. The number of hydrogen-bond donors (Lipinski definition) is 1. The minimum absolute atomic E-state index is 0.442. The van der Waals surface area contributed by atoms with Gasteiger partial charge in [-0.3, -0.25) is 0 Å². The highest BCUT2D eigenvalue weighted by molar-refractivity contribution is 4.90. The van der Waals surface area contributed by atoms with Crippen LogP contribution in [-0.2, 0) is 4.74 Å². The summed E-state index contributed by atoms with van der Waals surface area (Å²) in [4.78, 5) is 0. The Hall–Kier alpha value is -0.0800. The van der Waals surface area contributed by atoms with E-state index in [2.05, 4.69) is 12.2 Å². The van der Waals surface area contributed by atoms with Crippen molar-refractivity contribution in [2.24, 2.45) is 0 Å². The first-order chi connectivity index (χ1) is 8.35. The quantitative estimate of drug-likeness (QED) is 0.790. The van der Waals surface area contributed by atoms with E-state index in [-0.39, 0.29) is 0 Å². The van der Waals surface area contributed by atoms with Crippen molar-refractivity contribution in [3.05, 3.63) is 0 Å². The van der Waals surface area contributed by atoms with E-state index in [4.69, 9.17) is 4.74 Å². The average Bonchev–Trinajstić information content (AvgIpc) is 2.75. The molecule has 0 amide bonds. The average molecular weight is 239 g/mol. The number of hydrogen-bond acceptors (Lipinski definition) is 2. The lowest BCUT2D eigenvalue weighted by Gasteiger charge is -2.34. The molecule has 2 aliphatic rings. The Balaban J connectivity index is 1.84. The summed E-state index contributed by atoms with van der Waals surface area (Å²) in [6.07, 6.45) is 14.0. The van der Waals surface area contributed by atoms with Crippen LogP contribution < -0.4 is 5.32 Å². The molecule has 0 bridgehead atoms. The summed E-state index contributed by atoms with van der Waals surface area (Å²) in [5, 5.41) is 3.86. The highest BCUT2D eigenvalue weighted by atomic mass is 16.5. The molecule has 1 N–H and O–H groups in total. The highest BCUT2D eigenvalue weighted by Crippen LogP contribution is 2.31. The molecule has 0 aliphatic carbocycles. The van der Waals surface area contributed by atoms with Crippen LogP contribution in [0.15, 0.2) is 0 Å². The summed E-state index contributed by atoms with van der Waals surface area (Å²) < 4.78 is 5.77. The molecule has 2 rings (SSSR count). The Morgan fingerprint density at radius 1 is 1.18 bits per heavy atom. The first-order valence-corrected chi connectivity index (χ1v) is 7.71. The Morgan fingerprint density at radius 3 is 2.88 bits per heavy atom. The normalized spacial score (nSPS) is 34.8. The summed E-state index contributed by atoms with van der Waals surface area (Å²) in [7, 11) is 0. The third kappa shape index (κ3) is 3.96. The van der Waals surface area contributed by atoms with Crippen LogP contribution in [0.2, 0.25) is 0 Å². The topological polar surface area (TPSA) is 21.3 Å². The van der Waals surface area contributed by atoms with Crippen LogP contribution in [0, 0.1) is 0 Å². The number of rotatable bonds is 5. The second-order valence-electron chi connectivity index (χ2n) is 5.94. The summed E-state index contributed by atoms with van der Waals surface area (Å²) in [5.74, 6) is 0. The van der Waals surface area contributed by atoms with Gasteiger partial charge in [-0.2, -0.15) is 0 Å². The summed E-state index contributed by atoms with van der Waals surface area (Å²) in [5.41, 5.74) is 0.442. The maximum atomic E-state index is 5.77. The van der Waals surface area contributed by atoms with E-state index in [1.165, 1.54) is 70.8 Å². The predicted molar refractivity (Wildman–Crippen MR) is 72.3 cm³/mol. The van der Waals surface area contributed by atoms with E-state index < -0.39 is 0 Å². The van der Waals surface area contributed by atoms with E-state index in [1.807, 2.05) is 0 Å². The van der Waals surface area contributed by atoms with Crippen molar-refractivity contribution in [2.45, 2.75) is 82.8 Å². The molecule has 2 heteroatoms. The molecule has 2 unspecified atom stereocenters. The van der Waals surface area contributed by atoms with Gasteiger partial charge in [0.2, 0.25) is 0 Å². The van der Waals surface area contributed by atoms with Crippen LogP contribution in [0.5, 0.6) is 0 Å². The summed E-state index contributed by atoms with van der Waals surface area (Å²) >= 11 is 0. The lowest BCUT2D eigenvalue weighted by Crippen LogP contribution is -2.45. The van der Waals surface area contributed by atoms with Crippen LogP contribution in [0.25, 0.3) is 0 Å². The fourth-order valence-corrected chi connectivity index (χ4v) is 3.55. The van der Waals surface area contributed by atoms with Gasteiger partial charge in [0.15, 0.2) is 0 Å². The van der Waals surface area contributed by atoms with Gasteiger partial charge in [0.25, 0.3) is 0 Å². The molecule has 0 radical (unpaired) electrons. The molecule has 2 atom stereocenters. The molecule has 0 spiro atoms. The van der Waals surface area contributed by atoms with Gasteiger partial charge in [0, 0.05) is 12.1 Å². The molecule has 2 heterocycles. The molecule has 100 valence electrons. The standard InChI is InChI=1S/C15H29NO/c1-2-9-15(10-4-3-5-12-16-15)11-8-14-7-6-13-17-14/h14,16H,2-13H2,1H3. The van der Waals surface area contributed by atoms with Crippen molar-refractivity contribution >= 4 is 0 Å². The maximum Gasteiger partial charge on any atom is 0.0576 e. The number of nitrogens with one attached hydrogen (secondary N) is 1. The van der Waals surface area contributed by atoms with Crippen LogP contribution in [0.4, 0.5) is 0 Å². The van der Waals surface area contributed by atoms with Gasteiger partial charge < -0.3 is 10.1 Å². The molecule has 17 heavy (non-hydrogen) atoms. The van der Waals surface area contributed by atoms with E-state index in [0.29, 0.717) is 11.6 Å². The summed E-state index contributed by atoms with van der Waals surface area (Å²) in [6, 6.07) is 0. The smallest absolute Gasteiger partial charge is 0.0576 e. The van der Waals surface area contributed by atoms with E-state index in [1.54, 1.807) is 0 Å². The van der Waals surface area contributed by atoms with Crippen molar-refractivity contribution in [1.82, 2.24) is 5.32 Å². The molecule has 2 fully saturated rings. The first-order valence-electron chi connectivity index (χ1n) is 7.71. The van der Waals surface area contributed by atoms with Crippen LogP contribution in [0.1, 0.15) is 71.1 Å². The molecule has 2 saturated heterocycles. The summed E-state index contributed by atoms with van der Waals surface area (Å²) in [6.45, 7) is 4.55. The maximum absolute atomic E-state index is 5.77. The zero-order valence-corrected chi connectivity index (χ0v) is 11.5. The SMILES string of the molecule is CCCC1(CCC2CCCO2)CCCCCN1. The molecule has 2 nitrogen and oxygen atoms in total. The van der Waals surface area contributed by atoms with E-state index in [0.717, 1.165) is 6.61 Å². The van der Waals surface area contributed by atoms with Crippen LogP contribution in [-0.4, -0.2) is 24.8 Å². The van der Waals surface area contributed by atoms with Crippen molar-refractivity contribution in [3.8, 4) is 0 Å². The Labute approximate surface area is 107 Å². The van der Waals surface area contributed by atoms with Crippen molar-refractivity contribution in [1.29, 1.82) is 0 Å². The van der Waals surface area contributed by atoms with Gasteiger partial charge in [0.05, 0.1) is 6.10 Å². The molecular formula is C15H29NO. The highest BCUT2D eigenvalue weighted by Gasteiger charge is 2.30. The van der Waals surface area contributed by atoms with Crippen molar-refractivity contribution in [3.63, 3.8) is 0 Å². The largest absolute Gasteiger partial charge is 0.378 e. The fraction of sp³-hybridized carbons (Fsp3) is 1.00. The predicted octanol–water partition coefficient (Wildman–Crippen LogP) is 3.65. The Morgan fingerprint density at radius 2 is 2.12 bits per heavy atom. The zero-order valence-electron chi connectivity index (χ0n) is 11.5. The van der Waals surface area contributed by atoms with Crippen LogP contribution >= 0.6 is 0 Å². The molecular weight excluding hydrogens is 210 g/mol. The monoisotopic (exact) mass is 239 g/mol. The molecule has 0 aromatic heterocycles. The Bertz CT molecular complexity index is 203. The molecule has 0 aromatic carbocycles. The Kier molecular flexibility index (Phi) is 5.30. The van der Waals surface area contributed by atoms with Gasteiger partial charge in [0.1, 0.15) is 0 Å². The van der Waals surface area contributed by atoms with Crippen molar-refractivity contribution < 1.29 is 4.74 Å². The minimum atomic E-state index is 0.442. The van der Waals surface area contributed by atoms with Gasteiger partial charge in [-0.05, 0) is 51.5 Å².